The first-order valence-corrected chi connectivity index (χ1v) is 10.3. The van der Waals surface area contributed by atoms with Crippen molar-refractivity contribution in [3.05, 3.63) is 49.3 Å². The highest BCUT2D eigenvalue weighted by molar-refractivity contribution is 5.78. The van der Waals surface area contributed by atoms with Gasteiger partial charge in [0.25, 0.3) is 0 Å². The molecule has 154 valence electrons. The van der Waals surface area contributed by atoms with Gasteiger partial charge in [0.15, 0.2) is 0 Å². The maximum Gasteiger partial charge on any atom is 0.227 e. The second-order valence-electron chi connectivity index (χ2n) is 7.88. The van der Waals surface area contributed by atoms with Gasteiger partial charge in [-0.2, -0.15) is 10.1 Å². The van der Waals surface area contributed by atoms with Crippen molar-refractivity contribution >= 4 is 28.6 Å². The molecule has 0 aromatic carbocycles. The van der Waals surface area contributed by atoms with E-state index in [0.29, 0.717) is 12.1 Å². The molecule has 1 aliphatic rings. The summed E-state index contributed by atoms with van der Waals surface area (Å²) in [6, 6.07) is 6.63. The molecule has 4 aromatic heterocycles. The second kappa shape index (κ2) is 7.74. The van der Waals surface area contributed by atoms with Crippen molar-refractivity contribution in [1.29, 1.82) is 0 Å². The number of nitrogens with zero attached hydrogens (tertiary/aromatic N) is 8. The van der Waals surface area contributed by atoms with E-state index < -0.39 is 0 Å². The molecule has 30 heavy (non-hydrogen) atoms. The normalized spacial score (nSPS) is 15.2. The molecule has 0 amide bonds. The Morgan fingerprint density at radius 3 is 2.70 bits per heavy atom. The van der Waals surface area contributed by atoms with E-state index >= 15 is 0 Å². The van der Waals surface area contributed by atoms with Crippen LogP contribution in [0.5, 0.6) is 0 Å². The molecule has 1 saturated heterocycles. The summed E-state index contributed by atoms with van der Waals surface area (Å²) in [7, 11) is 0. The molecule has 0 atom stereocenters. The van der Waals surface area contributed by atoms with Crippen LogP contribution in [-0.4, -0.2) is 47.4 Å². The van der Waals surface area contributed by atoms with Gasteiger partial charge in [-0.15, -0.1) is 0 Å². The smallest absolute Gasteiger partial charge is 0.227 e. The van der Waals surface area contributed by atoms with Crippen LogP contribution in [0.1, 0.15) is 38.8 Å². The molecular formula is C21H25N9. The lowest BCUT2D eigenvalue weighted by atomic mass is 10.1. The molecule has 0 aliphatic carbocycles. The Hall–Kier alpha value is -3.49. The molecule has 1 N–H and O–H groups in total. The minimum Gasteiger partial charge on any atom is -0.341 e. The monoisotopic (exact) mass is 403 g/mol. The third-order valence-corrected chi connectivity index (χ3v) is 5.56. The Morgan fingerprint density at radius 2 is 1.93 bits per heavy atom. The van der Waals surface area contributed by atoms with Gasteiger partial charge in [0.1, 0.15) is 17.2 Å². The maximum atomic E-state index is 4.72. The van der Waals surface area contributed by atoms with E-state index in [1.54, 1.807) is 12.4 Å². The summed E-state index contributed by atoms with van der Waals surface area (Å²) in [5.41, 5.74) is 1.94. The zero-order valence-corrected chi connectivity index (χ0v) is 17.2. The summed E-state index contributed by atoms with van der Waals surface area (Å²) in [5.74, 6) is 2.22. The van der Waals surface area contributed by atoms with Crippen molar-refractivity contribution in [3.63, 3.8) is 0 Å². The van der Waals surface area contributed by atoms with E-state index in [-0.39, 0.29) is 0 Å². The third kappa shape index (κ3) is 3.58. The molecule has 5 heterocycles. The number of aromatic nitrogens is 7. The van der Waals surface area contributed by atoms with Crippen molar-refractivity contribution in [2.45, 2.75) is 38.8 Å². The van der Waals surface area contributed by atoms with Gasteiger partial charge >= 0.3 is 0 Å². The first-order valence-electron chi connectivity index (χ1n) is 10.3. The maximum absolute atomic E-state index is 4.72. The number of nitrogens with one attached hydrogen (secondary N) is 1. The van der Waals surface area contributed by atoms with Gasteiger partial charge in [0.2, 0.25) is 5.95 Å². The summed E-state index contributed by atoms with van der Waals surface area (Å²) < 4.78 is 4.19. The molecule has 0 spiro atoms. The van der Waals surface area contributed by atoms with Crippen LogP contribution in [0.25, 0.3) is 11.0 Å². The summed E-state index contributed by atoms with van der Waals surface area (Å²) in [5, 5.41) is 7.70. The largest absolute Gasteiger partial charge is 0.341 e. The van der Waals surface area contributed by atoms with Crippen LogP contribution in [0, 0.1) is 0 Å². The fourth-order valence-electron chi connectivity index (χ4n) is 3.94. The van der Waals surface area contributed by atoms with E-state index in [9.17, 15) is 0 Å². The minimum atomic E-state index is 0.334. The van der Waals surface area contributed by atoms with Gasteiger partial charge in [0.05, 0.1) is 24.1 Å². The fourth-order valence-corrected chi connectivity index (χ4v) is 3.94. The standard InChI is InChI=1S/C21H25N9/c1-15(2)29-14-24-17-13-23-20(12-18(17)29)26-19-4-8-22-21(27-19)28-10-5-16(6-11-28)30-9-3-7-25-30/h3-4,7-9,12-16H,5-6,10-11H2,1-2H3,(H,22,23,26,27). The number of anilines is 3. The predicted octanol–water partition coefficient (Wildman–Crippen LogP) is 3.58. The SMILES string of the molecule is CC(C)n1cnc2cnc(Nc3ccnc(N4CCC(n5cccn5)CC4)n3)cc21. The van der Waals surface area contributed by atoms with Crippen LogP contribution in [0.2, 0.25) is 0 Å². The van der Waals surface area contributed by atoms with E-state index in [2.05, 4.69) is 53.4 Å². The van der Waals surface area contributed by atoms with Gasteiger partial charge in [-0.05, 0) is 38.8 Å². The number of hydrogen-bond acceptors (Lipinski definition) is 7. The Morgan fingerprint density at radius 1 is 1.07 bits per heavy atom. The molecule has 9 nitrogen and oxygen atoms in total. The summed E-state index contributed by atoms with van der Waals surface area (Å²) in [4.78, 5) is 20.4. The number of piperidine rings is 1. The van der Waals surface area contributed by atoms with Crippen molar-refractivity contribution < 1.29 is 0 Å². The van der Waals surface area contributed by atoms with Crippen molar-refractivity contribution in [3.8, 4) is 0 Å². The Labute approximate surface area is 174 Å². The van der Waals surface area contributed by atoms with Crippen molar-refractivity contribution in [2.75, 3.05) is 23.3 Å². The third-order valence-electron chi connectivity index (χ3n) is 5.56. The Kier molecular flexibility index (Phi) is 4.78. The molecule has 0 radical (unpaired) electrons. The molecule has 0 unspecified atom stereocenters. The van der Waals surface area contributed by atoms with Crippen LogP contribution < -0.4 is 10.2 Å². The predicted molar refractivity (Wildman–Crippen MR) is 116 cm³/mol. The van der Waals surface area contributed by atoms with Crippen LogP contribution in [-0.2, 0) is 0 Å². The highest BCUT2D eigenvalue weighted by Crippen LogP contribution is 2.25. The minimum absolute atomic E-state index is 0.334. The molecule has 0 bridgehead atoms. The van der Waals surface area contributed by atoms with Gasteiger partial charge in [-0.3, -0.25) is 4.68 Å². The highest BCUT2D eigenvalue weighted by atomic mass is 15.3. The van der Waals surface area contributed by atoms with Crippen molar-refractivity contribution in [1.82, 2.24) is 34.3 Å². The number of hydrogen-bond donors (Lipinski definition) is 1. The zero-order valence-electron chi connectivity index (χ0n) is 17.2. The molecule has 5 rings (SSSR count). The fraction of sp³-hybridized carbons (Fsp3) is 0.381. The zero-order chi connectivity index (χ0) is 20.5. The number of rotatable bonds is 5. The molecule has 9 heteroatoms. The van der Waals surface area contributed by atoms with Crippen LogP contribution >= 0.6 is 0 Å². The molecular weight excluding hydrogens is 378 g/mol. The van der Waals surface area contributed by atoms with E-state index in [1.807, 2.05) is 36.9 Å². The summed E-state index contributed by atoms with van der Waals surface area (Å²) in [6.07, 6.45) is 11.4. The molecule has 1 fully saturated rings. The van der Waals surface area contributed by atoms with Crippen molar-refractivity contribution in [2.24, 2.45) is 0 Å². The quantitative estimate of drug-likeness (QED) is 0.545. The molecule has 0 saturated carbocycles. The number of pyridine rings is 1. The summed E-state index contributed by atoms with van der Waals surface area (Å²) >= 11 is 0. The lowest BCUT2D eigenvalue weighted by molar-refractivity contribution is 0.365. The Bertz CT molecular complexity index is 1120. The topological polar surface area (TPSA) is 89.6 Å². The summed E-state index contributed by atoms with van der Waals surface area (Å²) in [6.45, 7) is 6.10. The lowest BCUT2D eigenvalue weighted by Gasteiger charge is -2.32. The van der Waals surface area contributed by atoms with Gasteiger partial charge in [-0.1, -0.05) is 0 Å². The second-order valence-corrected chi connectivity index (χ2v) is 7.88. The van der Waals surface area contributed by atoms with Crippen LogP contribution in [0.3, 0.4) is 0 Å². The lowest BCUT2D eigenvalue weighted by Crippen LogP contribution is -2.35. The molecule has 4 aromatic rings. The number of imidazole rings is 1. The average molecular weight is 403 g/mol. The van der Waals surface area contributed by atoms with Gasteiger partial charge < -0.3 is 14.8 Å². The molecule has 1 aliphatic heterocycles. The van der Waals surface area contributed by atoms with Crippen LogP contribution in [0.15, 0.2) is 49.3 Å². The Balaban J connectivity index is 1.31. The van der Waals surface area contributed by atoms with Gasteiger partial charge in [-0.25, -0.2) is 15.0 Å². The number of fused-ring (bicyclic) bond motifs is 1. The van der Waals surface area contributed by atoms with E-state index in [4.69, 9.17) is 4.98 Å². The average Bonchev–Trinajstić information content (AvgIpc) is 3.44. The van der Waals surface area contributed by atoms with Crippen LogP contribution in [0.4, 0.5) is 17.6 Å². The van der Waals surface area contributed by atoms with E-state index in [0.717, 1.165) is 54.5 Å². The highest BCUT2D eigenvalue weighted by Gasteiger charge is 2.22. The first-order chi connectivity index (χ1) is 14.7. The first kappa shape index (κ1) is 18.5. The van der Waals surface area contributed by atoms with E-state index in [1.165, 1.54) is 0 Å². The van der Waals surface area contributed by atoms with Gasteiger partial charge in [0, 0.05) is 43.8 Å².